The highest BCUT2D eigenvalue weighted by atomic mass is 35.5. The summed E-state index contributed by atoms with van der Waals surface area (Å²) >= 11 is 6.36. The highest BCUT2D eigenvalue weighted by Crippen LogP contribution is 2.39. The number of carbonyl (C=O) groups is 4. The van der Waals surface area contributed by atoms with Crippen molar-refractivity contribution in [3.05, 3.63) is 34.9 Å². The molecule has 0 spiro atoms. The van der Waals surface area contributed by atoms with E-state index in [1.807, 2.05) is 6.07 Å². The van der Waals surface area contributed by atoms with Crippen molar-refractivity contribution < 1.29 is 28.7 Å². The molecule has 30 heavy (non-hydrogen) atoms. The van der Waals surface area contributed by atoms with Crippen LogP contribution in [-0.2, 0) is 29.3 Å². The van der Waals surface area contributed by atoms with Gasteiger partial charge in [0, 0.05) is 31.3 Å². The first-order chi connectivity index (χ1) is 14.3. The van der Waals surface area contributed by atoms with Gasteiger partial charge in [0.1, 0.15) is 12.3 Å². The summed E-state index contributed by atoms with van der Waals surface area (Å²) in [7, 11) is 0. The Kier molecular flexibility index (Phi) is 8.65. The van der Waals surface area contributed by atoms with Gasteiger partial charge in [-0.05, 0) is 24.5 Å². The van der Waals surface area contributed by atoms with Crippen molar-refractivity contribution in [1.82, 2.24) is 10.6 Å². The van der Waals surface area contributed by atoms with Crippen LogP contribution in [0.4, 0.5) is 4.79 Å². The third-order valence-corrected chi connectivity index (χ3v) is 5.36. The quantitative estimate of drug-likeness (QED) is 0.477. The number of Topliss-reactive ketones (excluding diaryl/α,β-unsaturated/α-hetero) is 1. The van der Waals surface area contributed by atoms with Crippen molar-refractivity contribution in [3.63, 3.8) is 0 Å². The van der Waals surface area contributed by atoms with E-state index >= 15 is 0 Å². The molecular weight excluding hydrogens is 412 g/mol. The Morgan fingerprint density at radius 2 is 1.90 bits per heavy atom. The Bertz CT molecular complexity index is 799. The predicted octanol–water partition coefficient (Wildman–Crippen LogP) is 2.86. The molecule has 2 rings (SSSR count). The van der Waals surface area contributed by atoms with E-state index in [1.54, 1.807) is 25.1 Å². The normalized spacial score (nSPS) is 19.5. The predicted molar refractivity (Wildman–Crippen MR) is 110 cm³/mol. The number of alkyl carbamates (subject to hydrolysis) is 1. The third-order valence-electron chi connectivity index (χ3n) is 5.03. The second-order valence-corrected chi connectivity index (χ2v) is 7.60. The minimum Gasteiger partial charge on any atom is -0.424 e. The number of amides is 2. The fourth-order valence-electron chi connectivity index (χ4n) is 3.47. The first-order valence-corrected chi connectivity index (χ1v) is 10.3. The number of ether oxygens (including phenoxy) is 2. The number of esters is 1. The molecule has 0 saturated heterocycles. The summed E-state index contributed by atoms with van der Waals surface area (Å²) in [6, 6.07) is 7.12. The van der Waals surface area contributed by atoms with Gasteiger partial charge in [0.25, 0.3) is 0 Å². The molecule has 9 heteroatoms. The van der Waals surface area contributed by atoms with Gasteiger partial charge in [0.05, 0.1) is 5.41 Å². The van der Waals surface area contributed by atoms with E-state index in [9.17, 15) is 19.2 Å². The molecule has 1 saturated carbocycles. The number of carbonyl (C=O) groups excluding carboxylic acids is 4. The molecule has 164 valence electrons. The SMILES string of the molecule is CCC(OC(=O)CNC(C)=O)OC(=O)NC[C@@]1(c2ccccc2Cl)CCCCC1=O. The second-order valence-electron chi connectivity index (χ2n) is 7.19. The Morgan fingerprint density at radius 3 is 2.53 bits per heavy atom. The summed E-state index contributed by atoms with van der Waals surface area (Å²) in [5, 5.41) is 5.42. The molecule has 1 aromatic rings. The van der Waals surface area contributed by atoms with Gasteiger partial charge >= 0.3 is 12.1 Å². The second kappa shape index (κ2) is 11.0. The van der Waals surface area contributed by atoms with Crippen molar-refractivity contribution in [2.45, 2.75) is 57.7 Å². The number of benzene rings is 1. The summed E-state index contributed by atoms with van der Waals surface area (Å²) in [5.74, 6) is -1.07. The fraction of sp³-hybridized carbons (Fsp3) is 0.524. The molecule has 0 aliphatic heterocycles. The summed E-state index contributed by atoms with van der Waals surface area (Å²) in [6.07, 6.45) is 0.944. The maximum Gasteiger partial charge on any atom is 0.410 e. The van der Waals surface area contributed by atoms with E-state index in [-0.39, 0.29) is 31.2 Å². The van der Waals surface area contributed by atoms with Crippen LogP contribution < -0.4 is 10.6 Å². The van der Waals surface area contributed by atoms with Crippen LogP contribution in [0.15, 0.2) is 24.3 Å². The minimum atomic E-state index is -1.11. The van der Waals surface area contributed by atoms with Gasteiger partial charge in [-0.3, -0.25) is 14.4 Å². The standard InChI is InChI=1S/C21H27ClN2O6/c1-3-19(29-18(27)12-23-14(2)25)30-20(28)24-13-21(11-7-6-10-17(21)26)15-8-4-5-9-16(15)22/h4-5,8-9,19H,3,6-7,10-13H2,1-2H3,(H,23,25)(H,24,28)/t19?,21-/m1/s1. The lowest BCUT2D eigenvalue weighted by Gasteiger charge is -2.37. The van der Waals surface area contributed by atoms with E-state index in [1.165, 1.54) is 6.92 Å². The monoisotopic (exact) mass is 438 g/mol. The summed E-state index contributed by atoms with van der Waals surface area (Å²) in [6.45, 7) is 2.67. The molecule has 2 amide bonds. The Labute approximate surface area is 180 Å². The van der Waals surface area contributed by atoms with Crippen molar-refractivity contribution in [3.8, 4) is 0 Å². The number of hydrogen-bond donors (Lipinski definition) is 2. The highest BCUT2D eigenvalue weighted by Gasteiger charge is 2.43. The molecule has 1 unspecified atom stereocenters. The number of halogens is 1. The van der Waals surface area contributed by atoms with Crippen LogP contribution in [0.25, 0.3) is 0 Å². The third kappa shape index (κ3) is 6.19. The molecular formula is C21H27ClN2O6. The first-order valence-electron chi connectivity index (χ1n) is 9.95. The Hall–Kier alpha value is -2.61. The molecule has 2 N–H and O–H groups in total. The van der Waals surface area contributed by atoms with Gasteiger partial charge in [-0.2, -0.15) is 0 Å². The van der Waals surface area contributed by atoms with Crippen molar-refractivity contribution >= 4 is 35.4 Å². The summed E-state index contributed by atoms with van der Waals surface area (Å²) < 4.78 is 10.2. The van der Waals surface area contributed by atoms with Gasteiger partial charge in [-0.25, -0.2) is 4.79 Å². The lowest BCUT2D eigenvalue weighted by atomic mass is 9.68. The zero-order chi connectivity index (χ0) is 22.1. The number of hydrogen-bond acceptors (Lipinski definition) is 6. The van der Waals surface area contributed by atoms with Gasteiger partial charge in [0.15, 0.2) is 0 Å². The molecule has 8 nitrogen and oxygen atoms in total. The summed E-state index contributed by atoms with van der Waals surface area (Å²) in [4.78, 5) is 47.8. The molecule has 1 aliphatic carbocycles. The van der Waals surface area contributed by atoms with Crippen LogP contribution in [0.1, 0.15) is 51.5 Å². The van der Waals surface area contributed by atoms with E-state index in [0.29, 0.717) is 23.4 Å². The molecule has 0 bridgehead atoms. The van der Waals surface area contributed by atoms with Crippen LogP contribution in [0, 0.1) is 0 Å². The number of ketones is 1. The molecule has 1 aliphatic rings. The molecule has 0 radical (unpaired) electrons. The Morgan fingerprint density at radius 1 is 1.17 bits per heavy atom. The average molecular weight is 439 g/mol. The molecule has 1 aromatic carbocycles. The van der Waals surface area contributed by atoms with Crippen LogP contribution in [0.3, 0.4) is 0 Å². The minimum absolute atomic E-state index is 0.0240. The molecule has 1 fully saturated rings. The van der Waals surface area contributed by atoms with Gasteiger partial charge in [0.2, 0.25) is 12.2 Å². The Balaban J connectivity index is 2.02. The molecule has 0 heterocycles. The fourth-order valence-corrected chi connectivity index (χ4v) is 3.78. The lowest BCUT2D eigenvalue weighted by molar-refractivity contribution is -0.167. The molecule has 0 aromatic heterocycles. The highest BCUT2D eigenvalue weighted by molar-refractivity contribution is 6.31. The molecule has 2 atom stereocenters. The maximum atomic E-state index is 12.9. The lowest BCUT2D eigenvalue weighted by Crippen LogP contribution is -2.49. The van der Waals surface area contributed by atoms with Crippen molar-refractivity contribution in [2.24, 2.45) is 0 Å². The smallest absolute Gasteiger partial charge is 0.410 e. The maximum absolute atomic E-state index is 12.9. The van der Waals surface area contributed by atoms with E-state index in [0.717, 1.165) is 12.8 Å². The van der Waals surface area contributed by atoms with Crippen LogP contribution in [-0.4, -0.2) is 43.1 Å². The van der Waals surface area contributed by atoms with Crippen LogP contribution in [0.2, 0.25) is 5.02 Å². The summed E-state index contributed by atoms with van der Waals surface area (Å²) in [5.41, 5.74) is -0.232. The topological polar surface area (TPSA) is 111 Å². The van der Waals surface area contributed by atoms with E-state index in [4.69, 9.17) is 21.1 Å². The van der Waals surface area contributed by atoms with Crippen molar-refractivity contribution in [1.29, 1.82) is 0 Å². The van der Waals surface area contributed by atoms with Crippen molar-refractivity contribution in [2.75, 3.05) is 13.1 Å². The van der Waals surface area contributed by atoms with E-state index < -0.39 is 23.8 Å². The zero-order valence-corrected chi connectivity index (χ0v) is 17.9. The van der Waals surface area contributed by atoms with Gasteiger partial charge in [-0.1, -0.05) is 43.1 Å². The van der Waals surface area contributed by atoms with Gasteiger partial charge in [-0.15, -0.1) is 0 Å². The largest absolute Gasteiger partial charge is 0.424 e. The number of rotatable bonds is 8. The van der Waals surface area contributed by atoms with E-state index in [2.05, 4.69) is 10.6 Å². The van der Waals surface area contributed by atoms with Gasteiger partial charge < -0.3 is 20.1 Å². The average Bonchev–Trinajstić information content (AvgIpc) is 2.72. The first kappa shape index (κ1) is 23.7. The number of nitrogens with one attached hydrogen (secondary N) is 2. The zero-order valence-electron chi connectivity index (χ0n) is 17.2. The van der Waals surface area contributed by atoms with Crippen LogP contribution in [0.5, 0.6) is 0 Å². The van der Waals surface area contributed by atoms with Crippen LogP contribution >= 0.6 is 11.6 Å².